The van der Waals surface area contributed by atoms with Crippen LogP contribution < -0.4 is 10.6 Å². The Hall–Kier alpha value is -1.56. The third-order valence-corrected chi connectivity index (χ3v) is 2.25. The van der Waals surface area contributed by atoms with E-state index in [0.717, 1.165) is 18.7 Å². The van der Waals surface area contributed by atoms with E-state index >= 15 is 0 Å². The number of amides is 1. The average Bonchev–Trinajstić information content (AvgIpc) is 2.28. The summed E-state index contributed by atoms with van der Waals surface area (Å²) in [6.45, 7) is 3.16. The molecular formula is C12H15F3N2O. The molecule has 0 atom stereocenters. The molecule has 0 aromatic heterocycles. The summed E-state index contributed by atoms with van der Waals surface area (Å²) < 4.78 is 37.3. The molecule has 1 rings (SSSR count). The average molecular weight is 260 g/mol. The van der Waals surface area contributed by atoms with E-state index in [9.17, 15) is 18.0 Å². The molecule has 18 heavy (non-hydrogen) atoms. The van der Waals surface area contributed by atoms with Crippen molar-refractivity contribution in [1.29, 1.82) is 0 Å². The second-order valence-corrected chi connectivity index (χ2v) is 3.73. The molecule has 3 nitrogen and oxygen atoms in total. The maximum Gasteiger partial charge on any atom is 0.416 e. The second-order valence-electron chi connectivity index (χ2n) is 3.73. The molecule has 0 aliphatic carbocycles. The zero-order valence-corrected chi connectivity index (χ0v) is 9.97. The van der Waals surface area contributed by atoms with Crippen LogP contribution in [0.5, 0.6) is 0 Å². The van der Waals surface area contributed by atoms with E-state index in [1.54, 1.807) is 0 Å². The normalized spacial score (nSPS) is 11.3. The van der Waals surface area contributed by atoms with Gasteiger partial charge in [0.25, 0.3) is 0 Å². The summed E-state index contributed by atoms with van der Waals surface area (Å²) in [4.78, 5) is 11.4. The van der Waals surface area contributed by atoms with Gasteiger partial charge < -0.3 is 10.6 Å². The largest absolute Gasteiger partial charge is 0.416 e. The topological polar surface area (TPSA) is 41.1 Å². The molecule has 0 heterocycles. The fraction of sp³-hybridized carbons (Fsp3) is 0.417. The summed E-state index contributed by atoms with van der Waals surface area (Å²) >= 11 is 0. The van der Waals surface area contributed by atoms with Gasteiger partial charge >= 0.3 is 6.18 Å². The highest BCUT2D eigenvalue weighted by atomic mass is 19.4. The fourth-order valence-electron chi connectivity index (χ4n) is 1.38. The minimum absolute atomic E-state index is 0.159. The Morgan fingerprint density at radius 2 is 2.06 bits per heavy atom. The predicted molar refractivity (Wildman–Crippen MR) is 63.2 cm³/mol. The van der Waals surface area contributed by atoms with Gasteiger partial charge in [0.15, 0.2) is 0 Å². The van der Waals surface area contributed by atoms with Gasteiger partial charge in [0.1, 0.15) is 0 Å². The van der Waals surface area contributed by atoms with Gasteiger partial charge in [-0.15, -0.1) is 0 Å². The highest BCUT2D eigenvalue weighted by Crippen LogP contribution is 2.30. The Morgan fingerprint density at radius 1 is 1.33 bits per heavy atom. The first kappa shape index (κ1) is 14.5. The molecule has 1 amide bonds. The third-order valence-electron chi connectivity index (χ3n) is 2.25. The number of hydrogen-bond donors (Lipinski definition) is 2. The predicted octanol–water partition coefficient (Wildman–Crippen LogP) is 2.64. The summed E-state index contributed by atoms with van der Waals surface area (Å²) in [5.41, 5.74) is -0.613. The van der Waals surface area contributed by atoms with E-state index < -0.39 is 11.7 Å². The molecule has 100 valence electrons. The molecule has 1 aromatic rings. The van der Waals surface area contributed by atoms with Gasteiger partial charge in [-0.25, -0.2) is 0 Å². The number of rotatable bonds is 5. The van der Waals surface area contributed by atoms with Crippen LogP contribution in [-0.4, -0.2) is 19.0 Å². The smallest absolute Gasteiger partial charge is 0.326 e. The van der Waals surface area contributed by atoms with Gasteiger partial charge in [-0.2, -0.15) is 13.2 Å². The lowest BCUT2D eigenvalue weighted by Crippen LogP contribution is -2.21. The van der Waals surface area contributed by atoms with Crippen LogP contribution in [0.15, 0.2) is 24.3 Å². The third kappa shape index (κ3) is 4.75. The highest BCUT2D eigenvalue weighted by Gasteiger charge is 2.30. The Kier molecular flexibility index (Phi) is 5.15. The van der Waals surface area contributed by atoms with Crippen LogP contribution in [-0.2, 0) is 11.0 Å². The maximum atomic E-state index is 12.4. The molecule has 0 fully saturated rings. The van der Waals surface area contributed by atoms with Crippen LogP contribution >= 0.6 is 0 Å². The zero-order valence-electron chi connectivity index (χ0n) is 9.97. The molecule has 0 unspecified atom stereocenters. The molecule has 0 saturated carbocycles. The van der Waals surface area contributed by atoms with Crippen LogP contribution in [0, 0.1) is 0 Å². The van der Waals surface area contributed by atoms with Gasteiger partial charge in [-0.1, -0.05) is 13.0 Å². The van der Waals surface area contributed by atoms with Crippen molar-refractivity contribution in [3.8, 4) is 0 Å². The van der Waals surface area contributed by atoms with E-state index in [2.05, 4.69) is 10.6 Å². The van der Waals surface area contributed by atoms with E-state index in [4.69, 9.17) is 0 Å². The van der Waals surface area contributed by atoms with Crippen LogP contribution in [0.3, 0.4) is 0 Å². The van der Waals surface area contributed by atoms with Crippen molar-refractivity contribution < 1.29 is 18.0 Å². The Morgan fingerprint density at radius 3 is 2.67 bits per heavy atom. The van der Waals surface area contributed by atoms with Crippen LogP contribution in [0.1, 0.15) is 18.9 Å². The highest BCUT2D eigenvalue weighted by molar-refractivity contribution is 5.90. The minimum atomic E-state index is -4.40. The number of carbonyl (C=O) groups is 1. The number of halogens is 3. The van der Waals surface area contributed by atoms with Gasteiger partial charge in [0, 0.05) is 18.7 Å². The number of anilines is 1. The molecule has 0 spiro atoms. The summed E-state index contributed by atoms with van der Waals surface area (Å²) in [5.74, 6) is -0.310. The molecule has 0 aliphatic rings. The van der Waals surface area contributed by atoms with Crippen molar-refractivity contribution >= 4 is 11.6 Å². The Labute approximate surface area is 103 Å². The lowest BCUT2D eigenvalue weighted by molar-refractivity contribution is -0.137. The molecule has 6 heteroatoms. The molecule has 0 radical (unpaired) electrons. The molecule has 0 bridgehead atoms. The quantitative estimate of drug-likeness (QED) is 0.799. The molecule has 1 aromatic carbocycles. The van der Waals surface area contributed by atoms with Crippen molar-refractivity contribution in [1.82, 2.24) is 5.32 Å². The fourth-order valence-corrected chi connectivity index (χ4v) is 1.38. The molecule has 0 aliphatic heterocycles. The molecule has 0 saturated heterocycles. The summed E-state index contributed by atoms with van der Waals surface area (Å²) in [5, 5.41) is 5.39. The Bertz CT molecular complexity index is 405. The number of carbonyl (C=O) groups excluding carboxylic acids is 1. The lowest BCUT2D eigenvalue weighted by Gasteiger charge is -2.09. The Balaban J connectivity index is 2.60. The number of alkyl halides is 3. The van der Waals surface area contributed by atoms with Crippen molar-refractivity contribution in [2.24, 2.45) is 0 Å². The van der Waals surface area contributed by atoms with Crippen LogP contribution in [0.2, 0.25) is 0 Å². The summed E-state index contributed by atoms with van der Waals surface area (Å²) in [6.07, 6.45) is -4.17. The van der Waals surface area contributed by atoms with Crippen molar-refractivity contribution in [3.63, 3.8) is 0 Å². The van der Waals surface area contributed by atoms with Gasteiger partial charge in [-0.05, 0) is 24.7 Å². The SMILES string of the molecule is CCNCCC(=O)Nc1cccc(C(F)(F)F)c1. The van der Waals surface area contributed by atoms with E-state index in [-0.39, 0.29) is 18.0 Å². The second kappa shape index (κ2) is 6.39. The number of benzene rings is 1. The summed E-state index contributed by atoms with van der Waals surface area (Å²) in [6, 6.07) is 4.59. The van der Waals surface area contributed by atoms with Crippen LogP contribution in [0.25, 0.3) is 0 Å². The molecular weight excluding hydrogens is 245 g/mol. The maximum absolute atomic E-state index is 12.4. The van der Waals surface area contributed by atoms with Crippen molar-refractivity contribution in [3.05, 3.63) is 29.8 Å². The van der Waals surface area contributed by atoms with Crippen molar-refractivity contribution in [2.75, 3.05) is 18.4 Å². The first-order valence-corrected chi connectivity index (χ1v) is 5.61. The van der Waals surface area contributed by atoms with Crippen LogP contribution in [0.4, 0.5) is 18.9 Å². The van der Waals surface area contributed by atoms with E-state index in [1.807, 2.05) is 6.92 Å². The molecule has 2 N–H and O–H groups in total. The van der Waals surface area contributed by atoms with E-state index in [1.165, 1.54) is 12.1 Å². The summed E-state index contributed by atoms with van der Waals surface area (Å²) in [7, 11) is 0. The van der Waals surface area contributed by atoms with E-state index in [0.29, 0.717) is 6.54 Å². The number of hydrogen-bond acceptors (Lipinski definition) is 2. The first-order chi connectivity index (χ1) is 8.43. The lowest BCUT2D eigenvalue weighted by atomic mass is 10.2. The van der Waals surface area contributed by atoms with Gasteiger partial charge in [-0.3, -0.25) is 4.79 Å². The van der Waals surface area contributed by atoms with Gasteiger partial charge in [0.05, 0.1) is 5.56 Å². The zero-order chi connectivity index (χ0) is 13.6. The number of nitrogens with one attached hydrogen (secondary N) is 2. The standard InChI is InChI=1S/C12H15F3N2O/c1-2-16-7-6-11(18)17-10-5-3-4-9(8-10)12(13,14)15/h3-5,8,16H,2,6-7H2,1H3,(H,17,18). The van der Waals surface area contributed by atoms with Crippen molar-refractivity contribution in [2.45, 2.75) is 19.5 Å². The first-order valence-electron chi connectivity index (χ1n) is 5.61. The van der Waals surface area contributed by atoms with Gasteiger partial charge in [0.2, 0.25) is 5.91 Å². The monoisotopic (exact) mass is 260 g/mol. The minimum Gasteiger partial charge on any atom is -0.326 e.